The summed E-state index contributed by atoms with van der Waals surface area (Å²) >= 11 is 0. The third-order valence-corrected chi connectivity index (χ3v) is 6.33. The topological polar surface area (TPSA) is 54.0 Å². The van der Waals surface area contributed by atoms with E-state index in [0.717, 1.165) is 69.7 Å². The van der Waals surface area contributed by atoms with Crippen molar-refractivity contribution in [3.8, 4) is 34.1 Å². The normalized spacial score (nSPS) is 10.8. The summed E-state index contributed by atoms with van der Waals surface area (Å²) in [5.74, 6) is 2.91. The monoisotopic (exact) mass is 498 g/mol. The summed E-state index contributed by atoms with van der Waals surface area (Å²) in [6.45, 7) is 2.64. The van der Waals surface area contributed by atoms with Crippen molar-refractivity contribution in [3.05, 3.63) is 84.4 Å². The second kappa shape index (κ2) is 12.8. The van der Waals surface area contributed by atoms with Gasteiger partial charge >= 0.3 is 5.97 Å². The van der Waals surface area contributed by atoms with E-state index in [2.05, 4.69) is 19.1 Å². The first-order valence-corrected chi connectivity index (χ1v) is 12.8. The van der Waals surface area contributed by atoms with Gasteiger partial charge in [-0.1, -0.05) is 50.1 Å². The van der Waals surface area contributed by atoms with Gasteiger partial charge in [0.05, 0.1) is 20.8 Å². The fourth-order valence-electron chi connectivity index (χ4n) is 4.23. The SMILES string of the molecule is CCCCCOC(=O)CCc1ccc(Oc2c(-c3cccc(OC)c3)ccc3cc(OC)ccc23)cc1. The molecule has 4 rings (SSSR count). The lowest BCUT2D eigenvalue weighted by Gasteiger charge is -2.16. The van der Waals surface area contributed by atoms with Crippen LogP contribution in [0.4, 0.5) is 0 Å². The molecule has 0 saturated heterocycles. The lowest BCUT2D eigenvalue weighted by Crippen LogP contribution is -2.07. The highest BCUT2D eigenvalue weighted by Crippen LogP contribution is 2.41. The number of methoxy groups -OCH3 is 2. The summed E-state index contributed by atoms with van der Waals surface area (Å²) in [7, 11) is 3.33. The van der Waals surface area contributed by atoms with Crippen LogP contribution in [0.3, 0.4) is 0 Å². The summed E-state index contributed by atoms with van der Waals surface area (Å²) in [6.07, 6.45) is 4.12. The van der Waals surface area contributed by atoms with Crippen molar-refractivity contribution in [1.29, 1.82) is 0 Å². The minimum absolute atomic E-state index is 0.148. The molecule has 37 heavy (non-hydrogen) atoms. The Bertz CT molecular complexity index is 1330. The molecule has 0 heterocycles. The molecule has 4 aromatic carbocycles. The van der Waals surface area contributed by atoms with E-state index in [1.807, 2.05) is 66.7 Å². The summed E-state index contributed by atoms with van der Waals surface area (Å²) in [4.78, 5) is 12.0. The van der Waals surface area contributed by atoms with Crippen molar-refractivity contribution < 1.29 is 23.7 Å². The lowest BCUT2D eigenvalue weighted by molar-refractivity contribution is -0.143. The number of hydrogen-bond acceptors (Lipinski definition) is 5. The largest absolute Gasteiger partial charge is 0.497 e. The highest BCUT2D eigenvalue weighted by atomic mass is 16.5. The van der Waals surface area contributed by atoms with Crippen LogP contribution >= 0.6 is 0 Å². The van der Waals surface area contributed by atoms with Crippen molar-refractivity contribution in [2.75, 3.05) is 20.8 Å². The predicted octanol–water partition coefficient (Wildman–Crippen LogP) is 7.98. The first-order chi connectivity index (χ1) is 18.1. The summed E-state index contributed by atoms with van der Waals surface area (Å²) in [5, 5.41) is 2.01. The van der Waals surface area contributed by atoms with Crippen LogP contribution in [0.5, 0.6) is 23.0 Å². The van der Waals surface area contributed by atoms with Gasteiger partial charge < -0.3 is 18.9 Å². The van der Waals surface area contributed by atoms with Crippen LogP contribution in [0.25, 0.3) is 21.9 Å². The van der Waals surface area contributed by atoms with Gasteiger partial charge in [0.1, 0.15) is 23.0 Å². The number of hydrogen-bond donors (Lipinski definition) is 0. The molecular weight excluding hydrogens is 464 g/mol. The van der Waals surface area contributed by atoms with E-state index in [1.54, 1.807) is 14.2 Å². The average molecular weight is 499 g/mol. The van der Waals surface area contributed by atoms with Gasteiger partial charge in [0.15, 0.2) is 0 Å². The van der Waals surface area contributed by atoms with Crippen LogP contribution in [0.15, 0.2) is 78.9 Å². The molecule has 0 aliphatic carbocycles. The summed E-state index contributed by atoms with van der Waals surface area (Å²) in [6, 6.07) is 25.9. The molecule has 0 aromatic heterocycles. The molecule has 0 atom stereocenters. The smallest absolute Gasteiger partial charge is 0.306 e. The van der Waals surface area contributed by atoms with Gasteiger partial charge in [-0.3, -0.25) is 4.79 Å². The second-order valence-electron chi connectivity index (χ2n) is 8.93. The Morgan fingerprint density at radius 1 is 0.784 bits per heavy atom. The molecule has 0 aliphatic heterocycles. The van der Waals surface area contributed by atoms with E-state index in [0.29, 0.717) is 19.4 Å². The summed E-state index contributed by atoms with van der Waals surface area (Å²) in [5.41, 5.74) is 3.03. The second-order valence-corrected chi connectivity index (χ2v) is 8.93. The third kappa shape index (κ3) is 6.82. The van der Waals surface area contributed by atoms with Crippen LogP contribution in [0.1, 0.15) is 38.2 Å². The van der Waals surface area contributed by atoms with Gasteiger partial charge in [0, 0.05) is 17.4 Å². The molecule has 0 N–H and O–H groups in total. The molecular formula is C32H34O5. The van der Waals surface area contributed by atoms with Crippen LogP contribution in [-0.2, 0) is 16.0 Å². The molecule has 5 heteroatoms. The van der Waals surface area contributed by atoms with E-state index in [-0.39, 0.29) is 5.97 Å². The summed E-state index contributed by atoms with van der Waals surface area (Å²) < 4.78 is 22.7. The number of benzene rings is 4. The number of fused-ring (bicyclic) bond motifs is 1. The maximum atomic E-state index is 12.0. The molecule has 0 unspecified atom stereocenters. The average Bonchev–Trinajstić information content (AvgIpc) is 2.94. The van der Waals surface area contributed by atoms with Gasteiger partial charge in [0.25, 0.3) is 0 Å². The Morgan fingerprint density at radius 2 is 1.54 bits per heavy atom. The maximum absolute atomic E-state index is 12.0. The minimum atomic E-state index is -0.148. The van der Waals surface area contributed by atoms with Crippen molar-refractivity contribution in [2.45, 2.75) is 39.0 Å². The molecule has 0 saturated carbocycles. The van der Waals surface area contributed by atoms with Gasteiger partial charge in [0.2, 0.25) is 0 Å². The molecule has 192 valence electrons. The highest BCUT2D eigenvalue weighted by Gasteiger charge is 2.14. The Balaban J connectivity index is 1.55. The quantitative estimate of drug-likeness (QED) is 0.146. The van der Waals surface area contributed by atoms with E-state index >= 15 is 0 Å². The number of carbonyl (C=O) groups is 1. The number of carbonyl (C=O) groups excluding carboxylic acids is 1. The minimum Gasteiger partial charge on any atom is -0.497 e. The standard InChI is InChI=1S/C32H34O5/c1-4-5-6-20-36-31(33)19-12-23-10-14-26(15-11-23)37-32-29(24-8-7-9-27(21-24)34-2)17-13-25-22-28(35-3)16-18-30(25)32/h7-11,13-18,21-22H,4-6,12,19-20H2,1-3H3. The molecule has 0 spiro atoms. The first kappa shape index (κ1) is 26.1. The van der Waals surface area contributed by atoms with Gasteiger partial charge in [-0.2, -0.15) is 0 Å². The zero-order valence-corrected chi connectivity index (χ0v) is 21.8. The fraction of sp³-hybridized carbons (Fsp3) is 0.281. The highest BCUT2D eigenvalue weighted by molar-refractivity contribution is 5.96. The Hall–Kier alpha value is -3.99. The molecule has 0 bridgehead atoms. The Labute approximate surface area is 218 Å². The van der Waals surface area contributed by atoms with Crippen LogP contribution in [-0.4, -0.2) is 26.8 Å². The van der Waals surface area contributed by atoms with Crippen molar-refractivity contribution in [2.24, 2.45) is 0 Å². The predicted molar refractivity (Wildman–Crippen MR) is 148 cm³/mol. The van der Waals surface area contributed by atoms with Crippen LogP contribution in [0, 0.1) is 0 Å². The van der Waals surface area contributed by atoms with E-state index in [4.69, 9.17) is 18.9 Å². The molecule has 5 nitrogen and oxygen atoms in total. The van der Waals surface area contributed by atoms with Gasteiger partial charge in [-0.05, 0) is 77.9 Å². The van der Waals surface area contributed by atoms with Crippen molar-refractivity contribution in [3.63, 3.8) is 0 Å². The number of esters is 1. The number of aryl methyl sites for hydroxylation is 1. The Morgan fingerprint density at radius 3 is 2.30 bits per heavy atom. The number of rotatable bonds is 12. The Kier molecular flexibility index (Phi) is 9.03. The molecule has 0 radical (unpaired) electrons. The molecule has 0 fully saturated rings. The molecule has 0 amide bonds. The van der Waals surface area contributed by atoms with Gasteiger partial charge in [-0.25, -0.2) is 0 Å². The third-order valence-electron chi connectivity index (χ3n) is 6.33. The van der Waals surface area contributed by atoms with Crippen molar-refractivity contribution in [1.82, 2.24) is 0 Å². The van der Waals surface area contributed by atoms with Gasteiger partial charge in [-0.15, -0.1) is 0 Å². The number of unbranched alkanes of at least 4 members (excludes halogenated alkanes) is 2. The lowest BCUT2D eigenvalue weighted by atomic mass is 9.99. The van der Waals surface area contributed by atoms with E-state index in [9.17, 15) is 4.79 Å². The van der Waals surface area contributed by atoms with Crippen molar-refractivity contribution >= 4 is 16.7 Å². The van der Waals surface area contributed by atoms with Crippen LogP contribution < -0.4 is 14.2 Å². The molecule has 0 aliphatic rings. The zero-order chi connectivity index (χ0) is 26.0. The van der Waals surface area contributed by atoms with E-state index < -0.39 is 0 Å². The zero-order valence-electron chi connectivity index (χ0n) is 21.8. The van der Waals surface area contributed by atoms with E-state index in [1.165, 1.54) is 0 Å². The van der Waals surface area contributed by atoms with Crippen LogP contribution in [0.2, 0.25) is 0 Å². The number of ether oxygens (including phenoxy) is 4. The maximum Gasteiger partial charge on any atom is 0.306 e. The molecule has 4 aromatic rings. The first-order valence-electron chi connectivity index (χ1n) is 12.8. The fourth-order valence-corrected chi connectivity index (χ4v) is 4.23.